The van der Waals surface area contributed by atoms with Crippen LogP contribution in [0.4, 0.5) is 0 Å². The van der Waals surface area contributed by atoms with Crippen LogP contribution in [0.2, 0.25) is 0 Å². The lowest BCUT2D eigenvalue weighted by Gasteiger charge is -2.07. The molecule has 12 heavy (non-hydrogen) atoms. The second-order valence-electron chi connectivity index (χ2n) is 3.08. The summed E-state index contributed by atoms with van der Waals surface area (Å²) in [7, 11) is 0. The van der Waals surface area contributed by atoms with Crippen LogP contribution in [0.3, 0.4) is 0 Å². The van der Waals surface area contributed by atoms with Crippen LogP contribution in [0.1, 0.15) is 18.1 Å². The lowest BCUT2D eigenvalue weighted by Crippen LogP contribution is -2.18. The van der Waals surface area contributed by atoms with Crippen LogP contribution in [0, 0.1) is 0 Å². The van der Waals surface area contributed by atoms with Gasteiger partial charge in [-0.2, -0.15) is 0 Å². The maximum Gasteiger partial charge on any atom is 0.00511 e. The topological polar surface area (TPSA) is 26.0 Å². The molecule has 1 unspecified atom stereocenters. The second-order valence-corrected chi connectivity index (χ2v) is 3.08. The van der Waals surface area contributed by atoms with E-state index in [1.54, 1.807) is 0 Å². The van der Waals surface area contributed by atoms with Gasteiger partial charge in [0.1, 0.15) is 0 Å². The first kappa shape index (κ1) is 9.01. The largest absolute Gasteiger partial charge is 0.328 e. The maximum atomic E-state index is 5.71. The van der Waals surface area contributed by atoms with E-state index < -0.39 is 0 Å². The van der Waals surface area contributed by atoms with Gasteiger partial charge in [-0.3, -0.25) is 0 Å². The van der Waals surface area contributed by atoms with E-state index in [9.17, 15) is 0 Å². The quantitative estimate of drug-likeness (QED) is 0.722. The van der Waals surface area contributed by atoms with Crippen molar-refractivity contribution in [2.75, 3.05) is 0 Å². The van der Waals surface area contributed by atoms with E-state index in [1.807, 2.05) is 25.1 Å². The Morgan fingerprint density at radius 3 is 2.75 bits per heavy atom. The van der Waals surface area contributed by atoms with Crippen molar-refractivity contribution >= 4 is 6.08 Å². The molecule has 0 aliphatic heterocycles. The highest BCUT2D eigenvalue weighted by atomic mass is 14.6. The lowest BCUT2D eigenvalue weighted by atomic mass is 10.0. The molecule has 0 spiro atoms. The molecule has 1 aromatic rings. The Kier molecular flexibility index (Phi) is 3.06. The zero-order valence-corrected chi connectivity index (χ0v) is 7.46. The molecule has 0 aliphatic rings. The van der Waals surface area contributed by atoms with Gasteiger partial charge in [0.15, 0.2) is 0 Å². The first-order chi connectivity index (χ1) is 5.74. The summed E-state index contributed by atoms with van der Waals surface area (Å²) >= 11 is 0. The van der Waals surface area contributed by atoms with Gasteiger partial charge in [-0.25, -0.2) is 0 Å². The molecule has 1 heteroatoms. The molecule has 1 rings (SSSR count). The van der Waals surface area contributed by atoms with Gasteiger partial charge in [0.2, 0.25) is 0 Å². The first-order valence-corrected chi connectivity index (χ1v) is 4.20. The highest BCUT2D eigenvalue weighted by Gasteiger charge is 2.00. The van der Waals surface area contributed by atoms with E-state index in [4.69, 9.17) is 5.73 Å². The van der Waals surface area contributed by atoms with Gasteiger partial charge in [0, 0.05) is 6.04 Å². The normalized spacial score (nSPS) is 12.5. The van der Waals surface area contributed by atoms with Crippen LogP contribution in [-0.2, 0) is 6.42 Å². The van der Waals surface area contributed by atoms with Gasteiger partial charge in [0.05, 0.1) is 0 Å². The van der Waals surface area contributed by atoms with Crippen LogP contribution in [0.15, 0.2) is 30.8 Å². The molecule has 1 nitrogen and oxygen atoms in total. The van der Waals surface area contributed by atoms with Crippen LogP contribution in [0.5, 0.6) is 0 Å². The van der Waals surface area contributed by atoms with Gasteiger partial charge in [-0.05, 0) is 24.5 Å². The van der Waals surface area contributed by atoms with Crippen LogP contribution in [-0.4, -0.2) is 6.04 Å². The zero-order chi connectivity index (χ0) is 8.97. The molecule has 0 bridgehead atoms. The highest BCUT2D eigenvalue weighted by Crippen LogP contribution is 2.11. The predicted molar refractivity (Wildman–Crippen MR) is 53.9 cm³/mol. The number of rotatable bonds is 3. The summed E-state index contributed by atoms with van der Waals surface area (Å²) < 4.78 is 0. The van der Waals surface area contributed by atoms with Gasteiger partial charge in [-0.1, -0.05) is 36.9 Å². The summed E-state index contributed by atoms with van der Waals surface area (Å²) in [5.41, 5.74) is 8.18. The standard InChI is InChI=1S/C11H15N/c1-3-10-6-4-5-7-11(10)8-9(2)12/h3-7,9H,1,8,12H2,2H3. The van der Waals surface area contributed by atoms with E-state index in [-0.39, 0.29) is 6.04 Å². The van der Waals surface area contributed by atoms with Gasteiger partial charge >= 0.3 is 0 Å². The molecule has 64 valence electrons. The fraction of sp³-hybridized carbons (Fsp3) is 0.273. The summed E-state index contributed by atoms with van der Waals surface area (Å²) in [5.74, 6) is 0. The van der Waals surface area contributed by atoms with Crippen LogP contribution in [0.25, 0.3) is 6.08 Å². The summed E-state index contributed by atoms with van der Waals surface area (Å²) in [4.78, 5) is 0. The Hall–Kier alpha value is -1.08. The molecular weight excluding hydrogens is 146 g/mol. The molecule has 1 aromatic carbocycles. The third-order valence-corrected chi connectivity index (χ3v) is 1.82. The molecule has 0 amide bonds. The molecule has 0 aliphatic carbocycles. The zero-order valence-electron chi connectivity index (χ0n) is 7.46. The average molecular weight is 161 g/mol. The van der Waals surface area contributed by atoms with Crippen molar-refractivity contribution in [1.29, 1.82) is 0 Å². The van der Waals surface area contributed by atoms with Crippen molar-refractivity contribution in [3.8, 4) is 0 Å². The minimum Gasteiger partial charge on any atom is -0.328 e. The number of hydrogen-bond donors (Lipinski definition) is 1. The van der Waals surface area contributed by atoms with Crippen LogP contribution < -0.4 is 5.73 Å². The van der Waals surface area contributed by atoms with Crippen molar-refractivity contribution in [2.45, 2.75) is 19.4 Å². The first-order valence-electron chi connectivity index (χ1n) is 4.20. The number of hydrogen-bond acceptors (Lipinski definition) is 1. The SMILES string of the molecule is C=Cc1ccccc1CC(C)N. The Morgan fingerprint density at radius 2 is 2.17 bits per heavy atom. The van der Waals surface area contributed by atoms with Crippen molar-refractivity contribution in [1.82, 2.24) is 0 Å². The van der Waals surface area contributed by atoms with E-state index in [0.29, 0.717) is 0 Å². The Morgan fingerprint density at radius 1 is 1.50 bits per heavy atom. The van der Waals surface area contributed by atoms with Crippen molar-refractivity contribution in [3.05, 3.63) is 42.0 Å². The molecule has 0 radical (unpaired) electrons. The molecule has 0 fully saturated rings. The molecule has 1 atom stereocenters. The minimum atomic E-state index is 0.214. The Labute approximate surface area is 73.9 Å². The molecular formula is C11H15N. The average Bonchev–Trinajstić information content (AvgIpc) is 2.04. The van der Waals surface area contributed by atoms with E-state index >= 15 is 0 Å². The minimum absolute atomic E-state index is 0.214. The van der Waals surface area contributed by atoms with Crippen LogP contribution >= 0.6 is 0 Å². The Balaban J connectivity index is 2.89. The van der Waals surface area contributed by atoms with Crippen molar-refractivity contribution < 1.29 is 0 Å². The number of benzene rings is 1. The fourth-order valence-electron chi connectivity index (χ4n) is 1.27. The molecule has 2 N–H and O–H groups in total. The predicted octanol–water partition coefficient (Wildman–Crippen LogP) is 2.22. The summed E-state index contributed by atoms with van der Waals surface area (Å²) in [6.45, 7) is 5.77. The smallest absolute Gasteiger partial charge is 0.00511 e. The monoisotopic (exact) mass is 161 g/mol. The summed E-state index contributed by atoms with van der Waals surface area (Å²) in [6.07, 6.45) is 2.79. The highest BCUT2D eigenvalue weighted by molar-refractivity contribution is 5.51. The number of nitrogens with two attached hydrogens (primary N) is 1. The van der Waals surface area contributed by atoms with Crippen molar-refractivity contribution in [2.24, 2.45) is 5.73 Å². The molecule has 0 aromatic heterocycles. The maximum absolute atomic E-state index is 5.71. The van der Waals surface area contributed by atoms with Gasteiger partial charge in [-0.15, -0.1) is 0 Å². The van der Waals surface area contributed by atoms with E-state index in [1.165, 1.54) is 11.1 Å². The fourth-order valence-corrected chi connectivity index (χ4v) is 1.27. The summed E-state index contributed by atoms with van der Waals surface area (Å²) in [5, 5.41) is 0. The molecule has 0 saturated heterocycles. The van der Waals surface area contributed by atoms with Crippen molar-refractivity contribution in [3.63, 3.8) is 0 Å². The third kappa shape index (κ3) is 2.21. The third-order valence-electron chi connectivity index (χ3n) is 1.82. The van der Waals surface area contributed by atoms with E-state index in [2.05, 4.69) is 18.7 Å². The van der Waals surface area contributed by atoms with Gasteiger partial charge < -0.3 is 5.73 Å². The molecule has 0 saturated carbocycles. The summed E-state index contributed by atoms with van der Waals surface area (Å²) in [6, 6.07) is 8.42. The Bertz CT molecular complexity index is 263. The second kappa shape index (κ2) is 4.07. The van der Waals surface area contributed by atoms with E-state index in [0.717, 1.165) is 6.42 Å². The molecule has 0 heterocycles. The lowest BCUT2D eigenvalue weighted by molar-refractivity contribution is 0.737. The van der Waals surface area contributed by atoms with Gasteiger partial charge in [0.25, 0.3) is 0 Å².